The van der Waals surface area contributed by atoms with Crippen molar-refractivity contribution in [1.29, 1.82) is 10.5 Å². The summed E-state index contributed by atoms with van der Waals surface area (Å²) in [4.78, 5) is 0. The van der Waals surface area contributed by atoms with Gasteiger partial charge in [0.15, 0.2) is 0 Å². The number of nitrogens with one attached hydrogen (secondary N) is 2. The maximum atomic E-state index is 9.37. The summed E-state index contributed by atoms with van der Waals surface area (Å²) in [5.74, 6) is 1.53. The largest absolute Gasteiger partial charge is 0.497 e. The van der Waals surface area contributed by atoms with E-state index in [2.05, 4.69) is 22.8 Å². The molecule has 0 spiro atoms. The Hall–Kier alpha value is -3.06. The monoisotopic (exact) mass is 364 g/mol. The van der Waals surface area contributed by atoms with Crippen molar-refractivity contribution in [2.75, 3.05) is 27.3 Å². The number of benzene rings is 2. The van der Waals surface area contributed by atoms with Gasteiger partial charge in [-0.3, -0.25) is 10.6 Å². The van der Waals surface area contributed by atoms with E-state index in [1.54, 1.807) is 14.2 Å². The van der Waals surface area contributed by atoms with Crippen molar-refractivity contribution >= 4 is 0 Å². The highest BCUT2D eigenvalue weighted by atomic mass is 16.5. The molecule has 2 atom stereocenters. The summed E-state index contributed by atoms with van der Waals surface area (Å²) in [7, 11) is 3.23. The summed E-state index contributed by atoms with van der Waals surface area (Å²) in [5.41, 5.74) is 1.80. The number of methoxy groups -OCH3 is 2. The molecule has 0 aliphatic heterocycles. The van der Waals surface area contributed by atoms with E-state index >= 15 is 0 Å². The topological polar surface area (TPSA) is 90.1 Å². The van der Waals surface area contributed by atoms with Crippen LogP contribution >= 0.6 is 0 Å². The van der Waals surface area contributed by atoms with Gasteiger partial charge in [-0.1, -0.05) is 24.3 Å². The van der Waals surface area contributed by atoms with E-state index < -0.39 is 0 Å². The van der Waals surface area contributed by atoms with Gasteiger partial charge < -0.3 is 9.47 Å². The summed E-state index contributed by atoms with van der Waals surface area (Å²) in [5, 5.41) is 25.2. The third kappa shape index (κ3) is 6.00. The predicted molar refractivity (Wildman–Crippen MR) is 103 cm³/mol. The van der Waals surface area contributed by atoms with Crippen molar-refractivity contribution in [2.45, 2.75) is 18.5 Å². The number of hydrogen-bond donors (Lipinski definition) is 2. The molecule has 0 aromatic heterocycles. The number of ether oxygens (including phenoxy) is 2. The van der Waals surface area contributed by atoms with Gasteiger partial charge in [0, 0.05) is 0 Å². The van der Waals surface area contributed by atoms with Crippen molar-refractivity contribution < 1.29 is 9.47 Å². The SMILES string of the molecule is COc1ccc([C@H](C#N)NCCCN[C@H](C#N)c2ccc(OC)cc2)cc1. The summed E-state index contributed by atoms with van der Waals surface area (Å²) in [6.45, 7) is 1.33. The lowest BCUT2D eigenvalue weighted by molar-refractivity contribution is 0.414. The molecule has 6 nitrogen and oxygen atoms in total. The van der Waals surface area contributed by atoms with Gasteiger partial charge >= 0.3 is 0 Å². The lowest BCUT2D eigenvalue weighted by Gasteiger charge is -2.14. The lowest BCUT2D eigenvalue weighted by atomic mass is 10.1. The first kappa shape index (κ1) is 20.3. The molecule has 2 N–H and O–H groups in total. The summed E-state index contributed by atoms with van der Waals surface area (Å²) in [6.07, 6.45) is 0.794. The maximum Gasteiger partial charge on any atom is 0.121 e. The van der Waals surface area contributed by atoms with Crippen molar-refractivity contribution in [3.8, 4) is 23.6 Å². The van der Waals surface area contributed by atoms with Crippen LogP contribution in [0.25, 0.3) is 0 Å². The smallest absolute Gasteiger partial charge is 0.121 e. The molecule has 2 aromatic rings. The fraction of sp³-hybridized carbons (Fsp3) is 0.333. The minimum atomic E-state index is -0.371. The number of nitriles is 2. The molecule has 0 bridgehead atoms. The van der Waals surface area contributed by atoms with Gasteiger partial charge in [-0.25, -0.2) is 0 Å². The van der Waals surface area contributed by atoms with Crippen molar-refractivity contribution in [3.63, 3.8) is 0 Å². The van der Waals surface area contributed by atoms with Gasteiger partial charge in [0.25, 0.3) is 0 Å². The second kappa shape index (κ2) is 10.8. The van der Waals surface area contributed by atoms with Crippen LogP contribution in [0.4, 0.5) is 0 Å². The molecular formula is C21H24N4O2. The second-order valence-electron chi connectivity index (χ2n) is 5.93. The molecule has 0 unspecified atom stereocenters. The highest BCUT2D eigenvalue weighted by molar-refractivity contribution is 5.32. The van der Waals surface area contributed by atoms with Crippen molar-refractivity contribution in [3.05, 3.63) is 59.7 Å². The van der Waals surface area contributed by atoms with Crippen LogP contribution in [0.1, 0.15) is 29.6 Å². The Morgan fingerprint density at radius 3 is 1.41 bits per heavy atom. The molecule has 0 saturated heterocycles. The van der Waals surface area contributed by atoms with Gasteiger partial charge in [-0.15, -0.1) is 0 Å². The second-order valence-corrected chi connectivity index (χ2v) is 5.93. The van der Waals surface area contributed by atoms with Gasteiger partial charge in [0.05, 0.1) is 26.4 Å². The molecule has 0 heterocycles. The van der Waals surface area contributed by atoms with Crippen LogP contribution in [0.2, 0.25) is 0 Å². The van der Waals surface area contributed by atoms with Crippen LogP contribution in [0.5, 0.6) is 11.5 Å². The molecule has 6 heteroatoms. The zero-order valence-corrected chi connectivity index (χ0v) is 15.6. The fourth-order valence-corrected chi connectivity index (χ4v) is 2.65. The van der Waals surface area contributed by atoms with Crippen molar-refractivity contribution in [1.82, 2.24) is 10.6 Å². The summed E-state index contributed by atoms with van der Waals surface area (Å²) in [6, 6.07) is 18.7. The third-order valence-corrected chi connectivity index (χ3v) is 4.21. The zero-order chi connectivity index (χ0) is 19.5. The van der Waals surface area contributed by atoms with Crippen LogP contribution in [0.15, 0.2) is 48.5 Å². The van der Waals surface area contributed by atoms with Crippen LogP contribution in [0, 0.1) is 22.7 Å². The quantitative estimate of drug-likeness (QED) is 0.630. The van der Waals surface area contributed by atoms with Crippen molar-refractivity contribution in [2.24, 2.45) is 0 Å². The Morgan fingerprint density at radius 1 is 0.741 bits per heavy atom. The third-order valence-electron chi connectivity index (χ3n) is 4.21. The van der Waals surface area contributed by atoms with Crippen LogP contribution in [-0.4, -0.2) is 27.3 Å². The van der Waals surface area contributed by atoms with E-state index in [4.69, 9.17) is 9.47 Å². The Balaban J connectivity index is 1.77. The van der Waals surface area contributed by atoms with Crippen LogP contribution in [0.3, 0.4) is 0 Å². The minimum Gasteiger partial charge on any atom is -0.497 e. The van der Waals surface area contributed by atoms with Gasteiger partial charge in [-0.05, 0) is 54.9 Å². The molecule has 0 aliphatic carbocycles. The molecule has 27 heavy (non-hydrogen) atoms. The normalized spacial score (nSPS) is 12.4. The molecule has 0 saturated carbocycles. The maximum absolute atomic E-state index is 9.37. The fourth-order valence-electron chi connectivity index (χ4n) is 2.65. The average Bonchev–Trinajstić information content (AvgIpc) is 2.74. The van der Waals surface area contributed by atoms with Gasteiger partial charge in [0.2, 0.25) is 0 Å². The highest BCUT2D eigenvalue weighted by Crippen LogP contribution is 2.18. The molecule has 0 aliphatic rings. The molecule has 2 rings (SSSR count). The number of nitrogens with zero attached hydrogens (tertiary/aromatic N) is 2. The highest BCUT2D eigenvalue weighted by Gasteiger charge is 2.11. The summed E-state index contributed by atoms with van der Waals surface area (Å²) < 4.78 is 10.3. The Kier molecular flexibility index (Phi) is 8.12. The average molecular weight is 364 g/mol. The molecule has 0 radical (unpaired) electrons. The van der Waals surface area contributed by atoms with E-state index in [9.17, 15) is 10.5 Å². The molecule has 140 valence electrons. The molecule has 0 fully saturated rings. The first-order valence-corrected chi connectivity index (χ1v) is 8.75. The Bertz CT molecular complexity index is 708. The molecule has 0 amide bonds. The van der Waals surface area contributed by atoms with E-state index in [0.717, 1.165) is 29.0 Å². The van der Waals surface area contributed by atoms with E-state index in [1.165, 1.54) is 0 Å². The Morgan fingerprint density at radius 2 is 1.11 bits per heavy atom. The molecular weight excluding hydrogens is 340 g/mol. The van der Waals surface area contributed by atoms with E-state index in [0.29, 0.717) is 13.1 Å². The number of rotatable bonds is 10. The van der Waals surface area contributed by atoms with Gasteiger partial charge in [0.1, 0.15) is 23.6 Å². The van der Waals surface area contributed by atoms with Crippen LogP contribution < -0.4 is 20.1 Å². The first-order chi connectivity index (χ1) is 13.2. The Labute approximate surface area is 160 Å². The minimum absolute atomic E-state index is 0.371. The van der Waals surface area contributed by atoms with E-state index in [1.807, 2.05) is 48.5 Å². The van der Waals surface area contributed by atoms with Gasteiger partial charge in [-0.2, -0.15) is 10.5 Å². The predicted octanol–water partition coefficient (Wildman–Crippen LogP) is 3.10. The number of hydrogen-bond acceptors (Lipinski definition) is 6. The molecule has 2 aromatic carbocycles. The zero-order valence-electron chi connectivity index (χ0n) is 15.6. The lowest BCUT2D eigenvalue weighted by Crippen LogP contribution is -2.26. The van der Waals surface area contributed by atoms with E-state index in [-0.39, 0.29) is 12.1 Å². The summed E-state index contributed by atoms with van der Waals surface area (Å²) >= 11 is 0. The van der Waals surface area contributed by atoms with Crippen LogP contribution in [-0.2, 0) is 0 Å². The first-order valence-electron chi connectivity index (χ1n) is 8.75. The standard InChI is InChI=1S/C21H24N4O2/c1-26-18-8-4-16(5-9-18)20(14-22)24-12-3-13-25-21(15-23)17-6-10-19(27-2)11-7-17/h4-11,20-21,24-25H,3,12-13H2,1-2H3/t20-,21+.